The van der Waals surface area contributed by atoms with Gasteiger partial charge in [0.2, 0.25) is 0 Å². The lowest BCUT2D eigenvalue weighted by molar-refractivity contribution is 0.204. The topological polar surface area (TPSA) is 33.3 Å². The first kappa shape index (κ1) is 10.4. The minimum Gasteiger partial charge on any atom is -0.383 e. The molecule has 4 heteroatoms. The number of nitrogens with one attached hydrogen (secondary N) is 2. The van der Waals surface area contributed by atoms with Gasteiger partial charge in [0.1, 0.15) is 0 Å². The highest BCUT2D eigenvalue weighted by Crippen LogP contribution is 1.68. The lowest BCUT2D eigenvalue weighted by Crippen LogP contribution is -2.36. The van der Waals surface area contributed by atoms with E-state index < -0.39 is 0 Å². The molecule has 0 aromatic heterocycles. The van der Waals surface area contributed by atoms with Crippen molar-refractivity contribution in [1.82, 2.24) is 10.6 Å². The first-order valence-corrected chi connectivity index (χ1v) is 3.83. The zero-order valence-electron chi connectivity index (χ0n) is 6.72. The van der Waals surface area contributed by atoms with Crippen LogP contribution in [0.3, 0.4) is 0 Å². The van der Waals surface area contributed by atoms with Gasteiger partial charge in [0, 0.05) is 20.2 Å². The molecule has 0 fully saturated rings. The molecule has 0 aliphatic heterocycles. The summed E-state index contributed by atoms with van der Waals surface area (Å²) >= 11 is 4.91. The third-order valence-electron chi connectivity index (χ3n) is 0.999. The van der Waals surface area contributed by atoms with Crippen LogP contribution in [0.4, 0.5) is 0 Å². The molecular formula is C7H14N2OS. The largest absolute Gasteiger partial charge is 0.383 e. The Balaban J connectivity index is 3.15. The SMILES string of the molecule is C=CCNC(=S)NCCOC. The molecule has 0 bridgehead atoms. The van der Waals surface area contributed by atoms with Crippen LogP contribution in [0.1, 0.15) is 0 Å². The average molecular weight is 174 g/mol. The molecule has 64 valence electrons. The molecule has 0 aromatic rings. The molecule has 0 atom stereocenters. The molecule has 11 heavy (non-hydrogen) atoms. The number of thiocarbonyl (C=S) groups is 1. The van der Waals surface area contributed by atoms with Crippen LogP contribution in [-0.2, 0) is 4.74 Å². The van der Waals surface area contributed by atoms with Gasteiger partial charge in [-0.05, 0) is 12.2 Å². The van der Waals surface area contributed by atoms with Crippen LogP contribution >= 0.6 is 12.2 Å². The summed E-state index contributed by atoms with van der Waals surface area (Å²) in [7, 11) is 1.65. The zero-order valence-corrected chi connectivity index (χ0v) is 7.54. The highest BCUT2D eigenvalue weighted by atomic mass is 32.1. The molecule has 0 aliphatic rings. The van der Waals surface area contributed by atoms with Gasteiger partial charge in [-0.3, -0.25) is 0 Å². The van der Waals surface area contributed by atoms with Crippen molar-refractivity contribution in [2.24, 2.45) is 0 Å². The zero-order chi connectivity index (χ0) is 8.53. The van der Waals surface area contributed by atoms with Crippen molar-refractivity contribution in [3.63, 3.8) is 0 Å². The molecule has 2 N–H and O–H groups in total. The van der Waals surface area contributed by atoms with Crippen LogP contribution in [0.25, 0.3) is 0 Å². The normalized spacial score (nSPS) is 8.82. The van der Waals surface area contributed by atoms with E-state index in [0.29, 0.717) is 18.3 Å². The van der Waals surface area contributed by atoms with Gasteiger partial charge in [-0.25, -0.2) is 0 Å². The van der Waals surface area contributed by atoms with Gasteiger partial charge >= 0.3 is 0 Å². The van der Waals surface area contributed by atoms with Crippen molar-refractivity contribution in [1.29, 1.82) is 0 Å². The minimum absolute atomic E-state index is 0.641. The van der Waals surface area contributed by atoms with Crippen molar-refractivity contribution >= 4 is 17.3 Å². The molecule has 0 aliphatic carbocycles. The second-order valence-corrected chi connectivity index (χ2v) is 2.33. The van der Waals surface area contributed by atoms with E-state index >= 15 is 0 Å². The van der Waals surface area contributed by atoms with E-state index in [2.05, 4.69) is 17.2 Å². The number of rotatable bonds is 5. The Bertz CT molecular complexity index is 128. The summed E-state index contributed by atoms with van der Waals surface area (Å²) in [6, 6.07) is 0. The monoisotopic (exact) mass is 174 g/mol. The summed E-state index contributed by atoms with van der Waals surface area (Å²) in [5.74, 6) is 0. The number of hydrogen-bond acceptors (Lipinski definition) is 2. The van der Waals surface area contributed by atoms with Crippen LogP contribution in [0.5, 0.6) is 0 Å². The quantitative estimate of drug-likeness (QED) is 0.356. The summed E-state index contributed by atoms with van der Waals surface area (Å²) in [5, 5.41) is 6.54. The fourth-order valence-electron chi connectivity index (χ4n) is 0.494. The van der Waals surface area contributed by atoms with Crippen LogP contribution in [0.15, 0.2) is 12.7 Å². The molecule has 0 saturated carbocycles. The maximum absolute atomic E-state index is 4.91. The second-order valence-electron chi connectivity index (χ2n) is 1.92. The van der Waals surface area contributed by atoms with E-state index in [-0.39, 0.29) is 0 Å². The van der Waals surface area contributed by atoms with Crippen LogP contribution in [0.2, 0.25) is 0 Å². The lowest BCUT2D eigenvalue weighted by Gasteiger charge is -2.07. The minimum atomic E-state index is 0.641. The van der Waals surface area contributed by atoms with Gasteiger partial charge in [-0.2, -0.15) is 0 Å². The van der Waals surface area contributed by atoms with Crippen molar-refractivity contribution in [3.8, 4) is 0 Å². The summed E-state index contributed by atoms with van der Waals surface area (Å²) < 4.78 is 4.83. The van der Waals surface area contributed by atoms with Crippen molar-refractivity contribution in [3.05, 3.63) is 12.7 Å². The van der Waals surface area contributed by atoms with Crippen molar-refractivity contribution in [2.75, 3.05) is 26.8 Å². The average Bonchev–Trinajstić information content (AvgIpc) is 2.01. The highest BCUT2D eigenvalue weighted by molar-refractivity contribution is 7.80. The van der Waals surface area contributed by atoms with Gasteiger partial charge in [0.15, 0.2) is 5.11 Å². The van der Waals surface area contributed by atoms with E-state index in [9.17, 15) is 0 Å². The Labute approximate surface area is 72.8 Å². The Hall–Kier alpha value is -0.610. The highest BCUT2D eigenvalue weighted by Gasteiger charge is 1.89. The summed E-state index contributed by atoms with van der Waals surface area (Å²) in [6.45, 7) is 5.65. The maximum Gasteiger partial charge on any atom is 0.166 e. The third-order valence-corrected chi connectivity index (χ3v) is 1.29. The van der Waals surface area contributed by atoms with E-state index in [1.165, 1.54) is 0 Å². The predicted molar refractivity (Wildman–Crippen MR) is 50.7 cm³/mol. The Morgan fingerprint density at radius 2 is 2.36 bits per heavy atom. The summed E-state index contributed by atoms with van der Waals surface area (Å²) in [4.78, 5) is 0. The van der Waals surface area contributed by atoms with Gasteiger partial charge < -0.3 is 15.4 Å². The molecule has 0 unspecified atom stereocenters. The Morgan fingerprint density at radius 1 is 1.64 bits per heavy atom. The van der Waals surface area contributed by atoms with Crippen molar-refractivity contribution < 1.29 is 4.74 Å². The van der Waals surface area contributed by atoms with E-state index in [0.717, 1.165) is 6.54 Å². The first-order valence-electron chi connectivity index (χ1n) is 3.42. The number of hydrogen-bond donors (Lipinski definition) is 2. The molecule has 0 aromatic carbocycles. The lowest BCUT2D eigenvalue weighted by atomic mass is 10.6. The van der Waals surface area contributed by atoms with Crippen molar-refractivity contribution in [2.45, 2.75) is 0 Å². The summed E-state index contributed by atoms with van der Waals surface area (Å²) in [5.41, 5.74) is 0. The van der Waals surface area contributed by atoms with Gasteiger partial charge in [-0.1, -0.05) is 6.08 Å². The van der Waals surface area contributed by atoms with E-state index in [1.807, 2.05) is 0 Å². The maximum atomic E-state index is 4.91. The fourth-order valence-corrected chi connectivity index (χ4v) is 0.679. The molecule has 3 nitrogen and oxygen atoms in total. The Kier molecular flexibility index (Phi) is 7.08. The molecule has 0 saturated heterocycles. The first-order chi connectivity index (χ1) is 5.31. The molecule has 0 spiro atoms. The standard InChI is InChI=1S/C7H14N2OS/c1-3-4-8-7(11)9-5-6-10-2/h3H,1,4-6H2,2H3,(H2,8,9,11). The molecule has 0 rings (SSSR count). The Morgan fingerprint density at radius 3 is 2.91 bits per heavy atom. The molecular weight excluding hydrogens is 160 g/mol. The van der Waals surface area contributed by atoms with Gasteiger partial charge in [-0.15, -0.1) is 6.58 Å². The van der Waals surface area contributed by atoms with E-state index in [1.54, 1.807) is 13.2 Å². The smallest absolute Gasteiger partial charge is 0.166 e. The predicted octanol–water partition coefficient (Wildman–Crippen LogP) is 0.283. The molecule has 0 heterocycles. The van der Waals surface area contributed by atoms with Gasteiger partial charge in [0.05, 0.1) is 6.61 Å². The molecule has 0 radical (unpaired) electrons. The summed E-state index contributed by atoms with van der Waals surface area (Å²) in [6.07, 6.45) is 1.75. The fraction of sp³-hybridized carbons (Fsp3) is 0.571. The number of ether oxygens (including phenoxy) is 1. The number of methoxy groups -OCH3 is 1. The second kappa shape index (κ2) is 7.50. The van der Waals surface area contributed by atoms with Gasteiger partial charge in [0.25, 0.3) is 0 Å². The third kappa shape index (κ3) is 7.29. The molecule has 0 amide bonds. The van der Waals surface area contributed by atoms with Crippen LogP contribution in [0, 0.1) is 0 Å². The van der Waals surface area contributed by atoms with Crippen LogP contribution in [-0.4, -0.2) is 31.9 Å². The van der Waals surface area contributed by atoms with E-state index in [4.69, 9.17) is 17.0 Å². The van der Waals surface area contributed by atoms with Crippen LogP contribution < -0.4 is 10.6 Å².